The highest BCUT2D eigenvalue weighted by Crippen LogP contribution is 2.37. The van der Waals surface area contributed by atoms with Crippen LogP contribution in [0.15, 0.2) is 0 Å². The summed E-state index contributed by atoms with van der Waals surface area (Å²) in [5.41, 5.74) is 0.484. The molecule has 1 aliphatic rings. The fourth-order valence-electron chi connectivity index (χ4n) is 3.05. The van der Waals surface area contributed by atoms with Crippen LogP contribution in [0, 0.1) is 17.3 Å². The van der Waals surface area contributed by atoms with Crippen LogP contribution in [-0.4, -0.2) is 13.1 Å². The summed E-state index contributed by atoms with van der Waals surface area (Å²) >= 11 is 0. The van der Waals surface area contributed by atoms with E-state index in [0.29, 0.717) is 5.41 Å². The van der Waals surface area contributed by atoms with Crippen LogP contribution in [0.3, 0.4) is 0 Å². The van der Waals surface area contributed by atoms with Gasteiger partial charge in [0.1, 0.15) is 0 Å². The molecule has 16 heavy (non-hydrogen) atoms. The van der Waals surface area contributed by atoms with Gasteiger partial charge in [0, 0.05) is 6.04 Å². The lowest BCUT2D eigenvalue weighted by atomic mass is 9.84. The first-order chi connectivity index (χ1) is 7.46. The summed E-state index contributed by atoms with van der Waals surface area (Å²) < 4.78 is 0. The third-order valence-electron chi connectivity index (χ3n) is 4.30. The molecule has 0 bridgehead atoms. The SMILES string of the molecule is CCC1CCC(C(CCC(C)(C)C)NC)C1. The number of hydrogen-bond donors (Lipinski definition) is 1. The van der Waals surface area contributed by atoms with Gasteiger partial charge in [-0.1, -0.05) is 40.5 Å². The topological polar surface area (TPSA) is 12.0 Å². The highest BCUT2D eigenvalue weighted by molar-refractivity contribution is 4.84. The smallest absolute Gasteiger partial charge is 0.00926 e. The van der Waals surface area contributed by atoms with E-state index in [1.807, 2.05) is 0 Å². The zero-order valence-corrected chi connectivity index (χ0v) is 12.0. The van der Waals surface area contributed by atoms with Gasteiger partial charge in [-0.3, -0.25) is 0 Å². The maximum absolute atomic E-state index is 3.56. The van der Waals surface area contributed by atoms with Gasteiger partial charge < -0.3 is 5.32 Å². The normalized spacial score (nSPS) is 28.3. The highest BCUT2D eigenvalue weighted by Gasteiger charge is 2.29. The third kappa shape index (κ3) is 4.45. The monoisotopic (exact) mass is 225 g/mol. The molecule has 3 atom stereocenters. The molecule has 0 saturated heterocycles. The Labute approximate surface area is 102 Å². The van der Waals surface area contributed by atoms with Gasteiger partial charge in [0.15, 0.2) is 0 Å². The summed E-state index contributed by atoms with van der Waals surface area (Å²) in [6.45, 7) is 9.40. The van der Waals surface area contributed by atoms with Crippen LogP contribution in [0.25, 0.3) is 0 Å². The molecular formula is C15H31N. The van der Waals surface area contributed by atoms with Crippen molar-refractivity contribution in [3.05, 3.63) is 0 Å². The summed E-state index contributed by atoms with van der Waals surface area (Å²) in [5.74, 6) is 1.95. The summed E-state index contributed by atoms with van der Waals surface area (Å²) in [7, 11) is 2.15. The Balaban J connectivity index is 2.37. The second kappa shape index (κ2) is 6.05. The predicted molar refractivity (Wildman–Crippen MR) is 72.7 cm³/mol. The van der Waals surface area contributed by atoms with Crippen molar-refractivity contribution in [2.45, 2.75) is 72.3 Å². The van der Waals surface area contributed by atoms with Crippen molar-refractivity contribution in [1.29, 1.82) is 0 Å². The van der Waals surface area contributed by atoms with Gasteiger partial charge in [0.2, 0.25) is 0 Å². The Morgan fingerprint density at radius 1 is 1.25 bits per heavy atom. The molecule has 1 rings (SSSR count). The first-order valence-corrected chi connectivity index (χ1v) is 7.13. The van der Waals surface area contributed by atoms with E-state index < -0.39 is 0 Å². The van der Waals surface area contributed by atoms with Gasteiger partial charge >= 0.3 is 0 Å². The molecule has 0 aromatic heterocycles. The quantitative estimate of drug-likeness (QED) is 0.738. The van der Waals surface area contributed by atoms with Crippen molar-refractivity contribution in [2.75, 3.05) is 7.05 Å². The van der Waals surface area contributed by atoms with Crippen LogP contribution in [0.5, 0.6) is 0 Å². The predicted octanol–water partition coefficient (Wildman–Crippen LogP) is 4.23. The first kappa shape index (κ1) is 14.0. The van der Waals surface area contributed by atoms with Crippen LogP contribution in [-0.2, 0) is 0 Å². The maximum Gasteiger partial charge on any atom is 0.00926 e. The van der Waals surface area contributed by atoms with E-state index in [0.717, 1.165) is 17.9 Å². The maximum atomic E-state index is 3.56. The lowest BCUT2D eigenvalue weighted by Gasteiger charge is -2.27. The Morgan fingerprint density at radius 3 is 2.38 bits per heavy atom. The molecule has 0 radical (unpaired) electrons. The Morgan fingerprint density at radius 2 is 1.94 bits per heavy atom. The molecular weight excluding hydrogens is 194 g/mol. The minimum Gasteiger partial charge on any atom is -0.317 e. The number of hydrogen-bond acceptors (Lipinski definition) is 1. The van der Waals surface area contributed by atoms with Gasteiger partial charge in [-0.2, -0.15) is 0 Å². The van der Waals surface area contributed by atoms with Crippen LogP contribution in [0.4, 0.5) is 0 Å². The fourth-order valence-corrected chi connectivity index (χ4v) is 3.05. The van der Waals surface area contributed by atoms with Gasteiger partial charge in [0.05, 0.1) is 0 Å². The number of nitrogens with one attached hydrogen (secondary N) is 1. The first-order valence-electron chi connectivity index (χ1n) is 7.13. The Bertz CT molecular complexity index is 192. The van der Waals surface area contributed by atoms with Crippen LogP contribution in [0.2, 0.25) is 0 Å². The van der Waals surface area contributed by atoms with Crippen LogP contribution < -0.4 is 5.32 Å². The molecule has 0 aromatic carbocycles. The largest absolute Gasteiger partial charge is 0.317 e. The average molecular weight is 225 g/mol. The van der Waals surface area contributed by atoms with Gasteiger partial charge in [0.25, 0.3) is 0 Å². The molecule has 1 heteroatoms. The minimum absolute atomic E-state index is 0.484. The van der Waals surface area contributed by atoms with Gasteiger partial charge in [-0.05, 0) is 50.0 Å². The average Bonchev–Trinajstić information content (AvgIpc) is 2.65. The fraction of sp³-hybridized carbons (Fsp3) is 1.00. The van der Waals surface area contributed by atoms with E-state index in [4.69, 9.17) is 0 Å². The van der Waals surface area contributed by atoms with Crippen molar-refractivity contribution in [3.8, 4) is 0 Å². The second-order valence-corrected chi connectivity index (χ2v) is 6.84. The molecule has 1 N–H and O–H groups in total. The highest BCUT2D eigenvalue weighted by atomic mass is 14.9. The molecule has 0 aliphatic heterocycles. The molecule has 1 aliphatic carbocycles. The molecule has 1 nitrogen and oxygen atoms in total. The van der Waals surface area contributed by atoms with Gasteiger partial charge in [-0.25, -0.2) is 0 Å². The molecule has 0 aromatic rings. The van der Waals surface area contributed by atoms with E-state index in [1.165, 1.54) is 38.5 Å². The van der Waals surface area contributed by atoms with E-state index in [9.17, 15) is 0 Å². The lowest BCUT2D eigenvalue weighted by molar-refractivity contribution is 0.284. The van der Waals surface area contributed by atoms with Crippen molar-refractivity contribution < 1.29 is 0 Å². The molecule has 0 amide bonds. The van der Waals surface area contributed by atoms with Crippen molar-refractivity contribution in [2.24, 2.45) is 17.3 Å². The summed E-state index contributed by atoms with van der Waals surface area (Å²) in [4.78, 5) is 0. The zero-order chi connectivity index (χ0) is 12.2. The van der Waals surface area contributed by atoms with Crippen molar-refractivity contribution in [1.82, 2.24) is 5.32 Å². The lowest BCUT2D eigenvalue weighted by Crippen LogP contribution is -2.33. The van der Waals surface area contributed by atoms with Crippen molar-refractivity contribution >= 4 is 0 Å². The third-order valence-corrected chi connectivity index (χ3v) is 4.30. The van der Waals surface area contributed by atoms with Crippen LogP contribution >= 0.6 is 0 Å². The minimum atomic E-state index is 0.484. The molecule has 1 saturated carbocycles. The second-order valence-electron chi connectivity index (χ2n) is 6.84. The molecule has 0 spiro atoms. The van der Waals surface area contributed by atoms with Gasteiger partial charge in [-0.15, -0.1) is 0 Å². The van der Waals surface area contributed by atoms with E-state index in [2.05, 4.69) is 40.1 Å². The van der Waals surface area contributed by atoms with E-state index in [-0.39, 0.29) is 0 Å². The Kier molecular flexibility index (Phi) is 5.30. The summed E-state index contributed by atoms with van der Waals surface area (Å²) in [6, 6.07) is 0.760. The van der Waals surface area contributed by atoms with E-state index >= 15 is 0 Å². The molecule has 3 unspecified atom stereocenters. The Hall–Kier alpha value is -0.0400. The molecule has 96 valence electrons. The zero-order valence-electron chi connectivity index (χ0n) is 12.0. The van der Waals surface area contributed by atoms with Crippen LogP contribution in [0.1, 0.15) is 66.2 Å². The van der Waals surface area contributed by atoms with E-state index in [1.54, 1.807) is 0 Å². The summed E-state index contributed by atoms with van der Waals surface area (Å²) in [5, 5.41) is 3.56. The molecule has 0 heterocycles. The summed E-state index contributed by atoms with van der Waals surface area (Å²) in [6.07, 6.45) is 8.45. The van der Waals surface area contributed by atoms with Crippen molar-refractivity contribution in [3.63, 3.8) is 0 Å². The standard InChI is InChI=1S/C15H31N/c1-6-12-7-8-13(11-12)14(16-5)9-10-15(2,3)4/h12-14,16H,6-11H2,1-5H3. The molecule has 1 fully saturated rings. The number of rotatable bonds is 5.